The molecule has 2 unspecified atom stereocenters. The molecular formula is C10H11BrFNO2. The van der Waals surface area contributed by atoms with Crippen LogP contribution in [0.3, 0.4) is 0 Å². The van der Waals surface area contributed by atoms with Gasteiger partial charge >= 0.3 is 0 Å². The number of halogens is 2. The molecule has 0 saturated carbocycles. The first-order valence-corrected chi connectivity index (χ1v) is 5.37. The lowest BCUT2D eigenvalue weighted by molar-refractivity contribution is 0.0339. The third-order valence-corrected chi connectivity index (χ3v) is 3.02. The molecule has 3 nitrogen and oxygen atoms in total. The van der Waals surface area contributed by atoms with Crippen molar-refractivity contribution in [1.29, 1.82) is 0 Å². The van der Waals surface area contributed by atoms with Gasteiger partial charge in [-0.15, -0.1) is 0 Å². The highest BCUT2D eigenvalue weighted by atomic mass is 79.9. The van der Waals surface area contributed by atoms with Gasteiger partial charge in [0.15, 0.2) is 0 Å². The number of rotatable bonds is 2. The number of ether oxygens (including phenoxy) is 1. The molecule has 1 aromatic rings. The fraction of sp³-hybridized carbons (Fsp3) is 0.400. The van der Waals surface area contributed by atoms with E-state index in [1.54, 1.807) is 13.2 Å². The fourth-order valence-electron chi connectivity index (χ4n) is 1.70. The maximum absolute atomic E-state index is 13.2. The molecule has 1 N–H and O–H groups in total. The second-order valence-corrected chi connectivity index (χ2v) is 4.28. The van der Waals surface area contributed by atoms with Gasteiger partial charge in [0.1, 0.15) is 17.7 Å². The van der Waals surface area contributed by atoms with Gasteiger partial charge < -0.3 is 9.57 Å². The van der Waals surface area contributed by atoms with E-state index in [0.29, 0.717) is 10.2 Å². The average molecular weight is 276 g/mol. The highest BCUT2D eigenvalue weighted by molar-refractivity contribution is 9.10. The predicted octanol–water partition coefficient (Wildman–Crippen LogP) is 2.56. The third-order valence-electron chi connectivity index (χ3n) is 2.41. The average Bonchev–Trinajstić information content (AvgIpc) is 2.46. The van der Waals surface area contributed by atoms with Crippen LogP contribution in [0.4, 0.5) is 4.39 Å². The molecule has 2 atom stereocenters. The van der Waals surface area contributed by atoms with Crippen LogP contribution in [-0.4, -0.2) is 13.2 Å². The summed E-state index contributed by atoms with van der Waals surface area (Å²) >= 11 is 3.15. The molecule has 0 radical (unpaired) electrons. The van der Waals surface area contributed by atoms with Crippen molar-refractivity contribution in [3.8, 4) is 5.75 Å². The van der Waals surface area contributed by atoms with E-state index in [2.05, 4.69) is 21.4 Å². The molecule has 1 aliphatic rings. The van der Waals surface area contributed by atoms with E-state index in [4.69, 9.17) is 9.57 Å². The van der Waals surface area contributed by atoms with Crippen LogP contribution < -0.4 is 10.2 Å². The van der Waals surface area contributed by atoms with Crippen LogP contribution in [0.15, 0.2) is 16.6 Å². The Bertz CT molecular complexity index is 386. The Balaban J connectivity index is 2.40. The third kappa shape index (κ3) is 1.87. The Morgan fingerprint density at radius 2 is 2.27 bits per heavy atom. The first-order chi connectivity index (χ1) is 7.13. The molecule has 0 aromatic heterocycles. The van der Waals surface area contributed by atoms with Crippen LogP contribution in [0.1, 0.15) is 18.5 Å². The molecule has 15 heavy (non-hydrogen) atoms. The smallest absolute Gasteiger partial charge is 0.141 e. The van der Waals surface area contributed by atoms with E-state index in [9.17, 15) is 4.39 Å². The molecule has 0 amide bonds. The molecular weight excluding hydrogens is 265 g/mol. The highest BCUT2D eigenvalue weighted by Gasteiger charge is 2.32. The van der Waals surface area contributed by atoms with Crippen molar-refractivity contribution >= 4 is 15.9 Å². The summed E-state index contributed by atoms with van der Waals surface area (Å²) in [5.41, 5.74) is 3.73. The summed E-state index contributed by atoms with van der Waals surface area (Å²) in [5.74, 6) is 0.247. The lowest BCUT2D eigenvalue weighted by atomic mass is 10.1. The summed E-state index contributed by atoms with van der Waals surface area (Å²) in [6, 6.07) is 3.03. The quantitative estimate of drug-likeness (QED) is 0.842. The van der Waals surface area contributed by atoms with Gasteiger partial charge in [-0.3, -0.25) is 0 Å². The first kappa shape index (κ1) is 10.9. The van der Waals surface area contributed by atoms with Gasteiger partial charge in [-0.2, -0.15) is 5.48 Å². The van der Waals surface area contributed by atoms with Gasteiger partial charge in [0.05, 0.1) is 17.6 Å². The standard InChI is InChI=1S/C10H11BrFNO2/c1-5-10(13-14-2)6-3-7(11)8(12)4-9(6)15-5/h3-5,10,13H,1-2H3. The van der Waals surface area contributed by atoms with Crippen molar-refractivity contribution < 1.29 is 14.0 Å². The Labute approximate surface area is 95.6 Å². The van der Waals surface area contributed by atoms with E-state index in [1.165, 1.54) is 6.07 Å². The topological polar surface area (TPSA) is 30.5 Å². The van der Waals surface area contributed by atoms with Crippen molar-refractivity contribution in [1.82, 2.24) is 5.48 Å². The molecule has 1 heterocycles. The van der Waals surface area contributed by atoms with Crippen LogP contribution in [0, 0.1) is 5.82 Å². The van der Waals surface area contributed by atoms with Gasteiger partial charge in [0.25, 0.3) is 0 Å². The van der Waals surface area contributed by atoms with Crippen LogP contribution in [0.2, 0.25) is 0 Å². The van der Waals surface area contributed by atoms with Crippen LogP contribution in [0.25, 0.3) is 0 Å². The minimum Gasteiger partial charge on any atom is -0.488 e. The summed E-state index contributed by atoms with van der Waals surface area (Å²) in [6.07, 6.45) is -0.0753. The summed E-state index contributed by atoms with van der Waals surface area (Å²) in [6.45, 7) is 1.91. The minimum atomic E-state index is -0.320. The Morgan fingerprint density at radius 3 is 2.93 bits per heavy atom. The molecule has 2 rings (SSSR count). The summed E-state index contributed by atoms with van der Waals surface area (Å²) in [7, 11) is 1.54. The molecule has 0 bridgehead atoms. The zero-order valence-electron chi connectivity index (χ0n) is 8.38. The Morgan fingerprint density at radius 1 is 1.53 bits per heavy atom. The molecule has 1 aromatic carbocycles. The number of nitrogens with one attached hydrogen (secondary N) is 1. The molecule has 1 aliphatic heterocycles. The summed E-state index contributed by atoms with van der Waals surface area (Å²) < 4.78 is 19.2. The van der Waals surface area contributed by atoms with E-state index >= 15 is 0 Å². The van der Waals surface area contributed by atoms with Gasteiger partial charge in [0, 0.05) is 11.6 Å². The van der Waals surface area contributed by atoms with Crippen molar-refractivity contribution in [3.63, 3.8) is 0 Å². The van der Waals surface area contributed by atoms with Crippen LogP contribution >= 0.6 is 15.9 Å². The van der Waals surface area contributed by atoms with Crippen molar-refractivity contribution in [2.45, 2.75) is 19.1 Å². The lowest BCUT2D eigenvalue weighted by Crippen LogP contribution is -2.27. The van der Waals surface area contributed by atoms with E-state index in [-0.39, 0.29) is 18.0 Å². The van der Waals surface area contributed by atoms with E-state index in [0.717, 1.165) is 5.56 Å². The number of fused-ring (bicyclic) bond motifs is 1. The fourth-order valence-corrected chi connectivity index (χ4v) is 2.06. The van der Waals surface area contributed by atoms with Gasteiger partial charge in [-0.05, 0) is 28.9 Å². The van der Waals surface area contributed by atoms with Gasteiger partial charge in [-0.25, -0.2) is 4.39 Å². The summed E-state index contributed by atoms with van der Waals surface area (Å²) in [5, 5.41) is 0. The first-order valence-electron chi connectivity index (χ1n) is 4.57. The van der Waals surface area contributed by atoms with Gasteiger partial charge in [-0.1, -0.05) is 0 Å². The van der Waals surface area contributed by atoms with E-state index < -0.39 is 0 Å². The number of benzene rings is 1. The predicted molar refractivity (Wildman–Crippen MR) is 57.1 cm³/mol. The normalized spacial score (nSPS) is 23.7. The SMILES string of the molecule is CONC1c2cc(Br)c(F)cc2OC1C. The Kier molecular flexibility index (Phi) is 2.95. The molecule has 82 valence electrons. The monoisotopic (exact) mass is 275 g/mol. The number of hydroxylamine groups is 1. The molecule has 0 spiro atoms. The zero-order valence-corrected chi connectivity index (χ0v) is 9.97. The molecule has 0 fully saturated rings. The lowest BCUT2D eigenvalue weighted by Gasteiger charge is -2.14. The second-order valence-electron chi connectivity index (χ2n) is 3.43. The minimum absolute atomic E-state index is 0.0677. The largest absolute Gasteiger partial charge is 0.488 e. The highest BCUT2D eigenvalue weighted by Crippen LogP contribution is 2.39. The maximum atomic E-state index is 13.2. The van der Waals surface area contributed by atoms with E-state index in [1.807, 2.05) is 6.92 Å². The Hall–Kier alpha value is -0.650. The number of hydrogen-bond acceptors (Lipinski definition) is 3. The summed E-state index contributed by atoms with van der Waals surface area (Å²) in [4.78, 5) is 4.88. The van der Waals surface area contributed by atoms with Crippen molar-refractivity contribution in [2.24, 2.45) is 0 Å². The maximum Gasteiger partial charge on any atom is 0.141 e. The molecule has 0 saturated heterocycles. The van der Waals surface area contributed by atoms with Gasteiger partial charge in [0.2, 0.25) is 0 Å². The van der Waals surface area contributed by atoms with Crippen molar-refractivity contribution in [2.75, 3.05) is 7.11 Å². The number of hydrogen-bond donors (Lipinski definition) is 1. The van der Waals surface area contributed by atoms with Crippen LogP contribution in [0.5, 0.6) is 5.75 Å². The second kappa shape index (κ2) is 4.08. The molecule has 0 aliphatic carbocycles. The van der Waals surface area contributed by atoms with Crippen molar-refractivity contribution in [3.05, 3.63) is 28.0 Å². The van der Waals surface area contributed by atoms with Crippen LogP contribution in [-0.2, 0) is 4.84 Å². The molecule has 5 heteroatoms. The zero-order chi connectivity index (χ0) is 11.0.